The highest BCUT2D eigenvalue weighted by Gasteiger charge is 2.35. The molecule has 0 aliphatic carbocycles. The molecule has 1 atom stereocenters. The third-order valence-electron chi connectivity index (χ3n) is 4.60. The molecule has 1 N–H and O–H groups in total. The van der Waals surface area contributed by atoms with Crippen LogP contribution in [0.15, 0.2) is 36.8 Å². The first-order chi connectivity index (χ1) is 12.8. The van der Waals surface area contributed by atoms with Crippen LogP contribution in [0.25, 0.3) is 5.82 Å². The zero-order valence-corrected chi connectivity index (χ0v) is 16.2. The van der Waals surface area contributed by atoms with E-state index >= 15 is 0 Å². The Morgan fingerprint density at radius 1 is 1.26 bits per heavy atom. The van der Waals surface area contributed by atoms with Gasteiger partial charge in [-0.3, -0.25) is 9.59 Å². The van der Waals surface area contributed by atoms with Gasteiger partial charge in [-0.25, -0.2) is 9.67 Å². The fourth-order valence-electron chi connectivity index (χ4n) is 3.36. The molecule has 0 radical (unpaired) electrons. The minimum atomic E-state index is -0.385. The van der Waals surface area contributed by atoms with Crippen molar-refractivity contribution in [2.75, 3.05) is 6.54 Å². The van der Waals surface area contributed by atoms with E-state index in [1.165, 1.54) is 0 Å². The molecule has 2 amide bonds. The van der Waals surface area contributed by atoms with Crippen LogP contribution in [-0.2, 0) is 16.1 Å². The molecule has 1 fully saturated rings. The van der Waals surface area contributed by atoms with E-state index in [2.05, 4.69) is 15.4 Å². The lowest BCUT2D eigenvalue weighted by atomic mass is 9.91. The zero-order chi connectivity index (χ0) is 19.4. The Hall–Kier alpha value is -2.70. The molecule has 1 saturated heterocycles. The third-order valence-corrected chi connectivity index (χ3v) is 4.60. The van der Waals surface area contributed by atoms with Crippen LogP contribution in [0.1, 0.15) is 45.6 Å². The van der Waals surface area contributed by atoms with Gasteiger partial charge in [-0.1, -0.05) is 26.8 Å². The average Bonchev–Trinajstić information content (AvgIpc) is 3.30. The van der Waals surface area contributed by atoms with Gasteiger partial charge < -0.3 is 10.2 Å². The van der Waals surface area contributed by atoms with Crippen molar-refractivity contribution in [2.24, 2.45) is 5.41 Å². The molecule has 144 valence electrons. The van der Waals surface area contributed by atoms with Crippen LogP contribution >= 0.6 is 0 Å². The van der Waals surface area contributed by atoms with Gasteiger partial charge >= 0.3 is 0 Å². The van der Waals surface area contributed by atoms with Gasteiger partial charge in [0.1, 0.15) is 6.04 Å². The van der Waals surface area contributed by atoms with Crippen LogP contribution < -0.4 is 5.32 Å². The molecule has 7 nitrogen and oxygen atoms in total. The average molecular weight is 369 g/mol. The lowest BCUT2D eigenvalue weighted by Gasteiger charge is -2.27. The van der Waals surface area contributed by atoms with Crippen molar-refractivity contribution < 1.29 is 9.59 Å². The summed E-state index contributed by atoms with van der Waals surface area (Å²) in [6, 6.07) is 5.20. The van der Waals surface area contributed by atoms with Crippen molar-refractivity contribution in [3.05, 3.63) is 42.4 Å². The van der Waals surface area contributed by atoms with Crippen molar-refractivity contribution in [3.8, 4) is 5.82 Å². The quantitative estimate of drug-likeness (QED) is 0.877. The van der Waals surface area contributed by atoms with Crippen LogP contribution in [0.3, 0.4) is 0 Å². The molecule has 2 aromatic rings. The van der Waals surface area contributed by atoms with Crippen molar-refractivity contribution in [1.29, 1.82) is 0 Å². The lowest BCUT2D eigenvalue weighted by Crippen LogP contribution is -2.46. The number of amides is 2. The van der Waals surface area contributed by atoms with Crippen molar-refractivity contribution >= 4 is 11.8 Å². The molecule has 0 bridgehead atoms. The van der Waals surface area contributed by atoms with Gasteiger partial charge in [0.15, 0.2) is 5.82 Å². The highest BCUT2D eigenvalue weighted by molar-refractivity contribution is 5.88. The Morgan fingerprint density at radius 2 is 2.07 bits per heavy atom. The van der Waals surface area contributed by atoms with E-state index in [0.717, 1.165) is 12.0 Å². The normalized spacial score (nSPS) is 17.1. The molecule has 7 heteroatoms. The number of carbonyl (C=O) groups is 2. The van der Waals surface area contributed by atoms with E-state index in [4.69, 9.17) is 0 Å². The maximum atomic E-state index is 12.7. The zero-order valence-electron chi connectivity index (χ0n) is 16.2. The molecule has 3 rings (SSSR count). The maximum absolute atomic E-state index is 12.7. The Balaban J connectivity index is 1.65. The molecular formula is C20H27N5O2. The van der Waals surface area contributed by atoms with Crippen molar-refractivity contribution in [2.45, 2.75) is 52.6 Å². The van der Waals surface area contributed by atoms with Gasteiger partial charge in [-0.05, 0) is 30.4 Å². The number of hydrogen-bond donors (Lipinski definition) is 1. The maximum Gasteiger partial charge on any atom is 0.243 e. The number of nitrogens with zero attached hydrogens (tertiary/aromatic N) is 4. The van der Waals surface area contributed by atoms with E-state index in [1.54, 1.807) is 22.0 Å². The topological polar surface area (TPSA) is 80.1 Å². The number of nitrogens with one attached hydrogen (secondary N) is 1. The van der Waals surface area contributed by atoms with Crippen LogP contribution in [0.4, 0.5) is 0 Å². The van der Waals surface area contributed by atoms with Gasteiger partial charge in [0.2, 0.25) is 11.8 Å². The number of rotatable bonds is 5. The molecule has 1 aliphatic heterocycles. The number of aromatic nitrogens is 3. The van der Waals surface area contributed by atoms with E-state index in [-0.39, 0.29) is 23.3 Å². The third kappa shape index (κ3) is 4.72. The Labute approximate surface area is 159 Å². The number of carbonyl (C=O) groups excluding carboxylic acids is 2. The summed E-state index contributed by atoms with van der Waals surface area (Å²) in [5, 5.41) is 7.19. The molecule has 2 aromatic heterocycles. The van der Waals surface area contributed by atoms with Crippen LogP contribution in [-0.4, -0.2) is 44.1 Å². The van der Waals surface area contributed by atoms with Gasteiger partial charge in [-0.2, -0.15) is 5.10 Å². The fourth-order valence-corrected chi connectivity index (χ4v) is 3.36. The standard InChI is InChI=1S/C20H27N5O2/c1-20(2,3)13-17(26)24-11-5-8-16(24)19(27)22-14-15-7-4-9-21-18(15)25-12-6-10-23-25/h4,6-7,9-10,12,16H,5,8,11,13-14H2,1-3H3,(H,22,27). The molecule has 27 heavy (non-hydrogen) atoms. The predicted molar refractivity (Wildman–Crippen MR) is 102 cm³/mol. The molecule has 0 aromatic carbocycles. The van der Waals surface area contributed by atoms with Crippen molar-refractivity contribution in [3.63, 3.8) is 0 Å². The lowest BCUT2D eigenvalue weighted by molar-refractivity contribution is -0.139. The minimum absolute atomic E-state index is 0.0544. The van der Waals surface area contributed by atoms with Crippen LogP contribution in [0.5, 0.6) is 0 Å². The Morgan fingerprint density at radius 3 is 2.78 bits per heavy atom. The van der Waals surface area contributed by atoms with Crippen molar-refractivity contribution in [1.82, 2.24) is 25.0 Å². The largest absolute Gasteiger partial charge is 0.350 e. The first kappa shape index (κ1) is 19.1. The van der Waals surface area contributed by atoms with Crippen LogP contribution in [0, 0.1) is 5.41 Å². The summed E-state index contributed by atoms with van der Waals surface area (Å²) in [5.41, 5.74) is 0.787. The number of pyridine rings is 1. The first-order valence-electron chi connectivity index (χ1n) is 9.36. The summed E-state index contributed by atoms with van der Waals surface area (Å²) in [5.74, 6) is 0.638. The van der Waals surface area contributed by atoms with Crippen LogP contribution in [0.2, 0.25) is 0 Å². The Kier molecular flexibility index (Phi) is 5.58. The summed E-state index contributed by atoms with van der Waals surface area (Å²) in [6.45, 7) is 7.11. The minimum Gasteiger partial charge on any atom is -0.350 e. The highest BCUT2D eigenvalue weighted by atomic mass is 16.2. The summed E-state index contributed by atoms with van der Waals surface area (Å²) in [7, 11) is 0. The monoisotopic (exact) mass is 369 g/mol. The first-order valence-corrected chi connectivity index (χ1v) is 9.36. The van der Waals surface area contributed by atoms with E-state index in [9.17, 15) is 9.59 Å². The molecule has 0 saturated carbocycles. The molecule has 1 aliphatic rings. The summed E-state index contributed by atoms with van der Waals surface area (Å²) in [6.07, 6.45) is 7.22. The van der Waals surface area contributed by atoms with Gasteiger partial charge in [-0.15, -0.1) is 0 Å². The van der Waals surface area contributed by atoms with E-state index in [1.807, 2.05) is 45.2 Å². The fraction of sp³-hybridized carbons (Fsp3) is 0.500. The second kappa shape index (κ2) is 7.90. The van der Waals surface area contributed by atoms with E-state index in [0.29, 0.717) is 31.7 Å². The molecule has 3 heterocycles. The Bertz CT molecular complexity index is 795. The number of likely N-dealkylation sites (tertiary alicyclic amines) is 1. The van der Waals surface area contributed by atoms with Gasteiger partial charge in [0.05, 0.1) is 0 Å². The van der Waals surface area contributed by atoms with E-state index < -0.39 is 0 Å². The second-order valence-corrected chi connectivity index (χ2v) is 8.14. The molecule has 0 spiro atoms. The highest BCUT2D eigenvalue weighted by Crippen LogP contribution is 2.25. The predicted octanol–water partition coefficient (Wildman–Crippen LogP) is 2.31. The van der Waals surface area contributed by atoms with Gasteiger partial charge in [0.25, 0.3) is 0 Å². The summed E-state index contributed by atoms with van der Waals surface area (Å²) >= 11 is 0. The second-order valence-electron chi connectivity index (χ2n) is 8.14. The summed E-state index contributed by atoms with van der Waals surface area (Å²) < 4.78 is 1.68. The smallest absolute Gasteiger partial charge is 0.243 e. The number of hydrogen-bond acceptors (Lipinski definition) is 4. The molecule has 1 unspecified atom stereocenters. The summed E-state index contributed by atoms with van der Waals surface area (Å²) in [4.78, 5) is 31.4. The molecular weight excluding hydrogens is 342 g/mol. The SMILES string of the molecule is CC(C)(C)CC(=O)N1CCCC1C(=O)NCc1cccnc1-n1cccn1. The van der Waals surface area contributed by atoms with Gasteiger partial charge in [0, 0.05) is 43.7 Å².